The van der Waals surface area contributed by atoms with Crippen molar-refractivity contribution in [1.82, 2.24) is 24.1 Å². The lowest BCUT2D eigenvalue weighted by Gasteiger charge is -2.28. The van der Waals surface area contributed by atoms with Gasteiger partial charge in [0.2, 0.25) is 11.8 Å². The lowest BCUT2D eigenvalue weighted by molar-refractivity contribution is 0.0865. The molecule has 10 nitrogen and oxygen atoms in total. The van der Waals surface area contributed by atoms with Gasteiger partial charge in [0.25, 0.3) is 0 Å². The molecule has 12 heteroatoms. The lowest BCUT2D eigenvalue weighted by atomic mass is 9.84. The van der Waals surface area contributed by atoms with Crippen molar-refractivity contribution in [2.45, 2.75) is 70.6 Å². The van der Waals surface area contributed by atoms with E-state index in [1.165, 1.54) is 13.3 Å². The number of nitrogens with zero attached hydrogens (tertiary/aromatic N) is 6. The number of nitriles is 1. The van der Waals surface area contributed by atoms with E-state index in [0.717, 1.165) is 31.7 Å². The van der Waals surface area contributed by atoms with Crippen LogP contribution in [0.2, 0.25) is 30.7 Å². The number of nitrogens with one attached hydrogen (secondary N) is 1. The summed E-state index contributed by atoms with van der Waals surface area (Å²) in [6, 6.07) is 4.94. The molecule has 0 spiro atoms. The van der Waals surface area contributed by atoms with Gasteiger partial charge in [-0.3, -0.25) is 9.13 Å². The third-order valence-corrected chi connectivity index (χ3v) is 8.59. The fourth-order valence-corrected chi connectivity index (χ4v) is 5.63. The maximum absolute atomic E-state index is 13.7. The lowest BCUT2D eigenvalue weighted by Crippen LogP contribution is -2.31. The number of methoxy groups -OCH3 is 1. The topological polar surface area (TPSA) is 120 Å². The fourth-order valence-electron chi connectivity index (χ4n) is 4.72. The summed E-state index contributed by atoms with van der Waals surface area (Å²) in [7, 11) is 0.262. The number of ether oxygens (including phenoxy) is 2. The van der Waals surface area contributed by atoms with Crippen molar-refractivity contribution in [2.75, 3.05) is 19.0 Å². The zero-order valence-electron chi connectivity index (χ0n) is 21.8. The van der Waals surface area contributed by atoms with Crippen LogP contribution in [-0.4, -0.2) is 45.9 Å². The van der Waals surface area contributed by atoms with Gasteiger partial charge in [0.05, 0.1) is 24.4 Å². The molecule has 1 fully saturated rings. The minimum atomic E-state index is -1.26. The number of aromatic nitrogens is 5. The third-order valence-electron chi connectivity index (χ3n) is 6.68. The van der Waals surface area contributed by atoms with Crippen LogP contribution in [0.1, 0.15) is 38.1 Å². The van der Waals surface area contributed by atoms with E-state index >= 15 is 0 Å². The molecule has 4 rings (SSSR count). The highest BCUT2D eigenvalue weighted by molar-refractivity contribution is 6.76. The van der Waals surface area contributed by atoms with Crippen LogP contribution >= 0.6 is 11.6 Å². The molecular formula is C25H34ClN7O3Si. The van der Waals surface area contributed by atoms with E-state index in [1.807, 2.05) is 0 Å². The number of hydrogen-bond donors (Lipinski definition) is 1. The number of anilines is 2. The van der Waals surface area contributed by atoms with Gasteiger partial charge in [-0.1, -0.05) is 37.7 Å². The first-order chi connectivity index (χ1) is 17.7. The van der Waals surface area contributed by atoms with Crippen LogP contribution in [0, 0.1) is 17.2 Å². The molecule has 1 aliphatic carbocycles. The summed E-state index contributed by atoms with van der Waals surface area (Å²) in [5.41, 5.74) is 1.50. The van der Waals surface area contributed by atoms with Crippen molar-refractivity contribution < 1.29 is 9.47 Å². The molecule has 1 aliphatic rings. The van der Waals surface area contributed by atoms with Crippen LogP contribution in [0.3, 0.4) is 0 Å². The quantitative estimate of drug-likeness (QED) is 0.268. The average Bonchev–Trinajstić information content (AvgIpc) is 3.12. The molecule has 3 aromatic heterocycles. The molecule has 0 aliphatic heterocycles. The summed E-state index contributed by atoms with van der Waals surface area (Å²) in [5.74, 6) is 0.915. The van der Waals surface area contributed by atoms with E-state index in [2.05, 4.69) is 41.0 Å². The zero-order valence-corrected chi connectivity index (χ0v) is 23.6. The highest BCUT2D eigenvalue weighted by Crippen LogP contribution is 2.35. The summed E-state index contributed by atoms with van der Waals surface area (Å²) >= 11 is 6.13. The monoisotopic (exact) mass is 543 g/mol. The van der Waals surface area contributed by atoms with Gasteiger partial charge in [-0.2, -0.15) is 10.2 Å². The first-order valence-electron chi connectivity index (χ1n) is 12.6. The number of halogens is 1. The molecule has 0 aromatic carbocycles. The second-order valence-corrected chi connectivity index (χ2v) is 16.8. The number of imidazole rings is 1. The van der Waals surface area contributed by atoms with Gasteiger partial charge in [0, 0.05) is 33.3 Å². The van der Waals surface area contributed by atoms with E-state index in [-0.39, 0.29) is 24.4 Å². The van der Waals surface area contributed by atoms with Gasteiger partial charge in [0.15, 0.2) is 5.65 Å². The Balaban J connectivity index is 1.71. The first-order valence-corrected chi connectivity index (χ1v) is 16.7. The molecule has 0 saturated heterocycles. The van der Waals surface area contributed by atoms with Crippen molar-refractivity contribution in [3.8, 4) is 11.9 Å². The average molecular weight is 544 g/mol. The van der Waals surface area contributed by atoms with E-state index in [9.17, 15) is 10.1 Å². The Kier molecular flexibility index (Phi) is 8.52. The molecule has 1 N–H and O–H groups in total. The SMILES string of the molecule is COc1ncc(Cl)cc1Nc1ncc2c(n1)n(C1CCCC(CC#N)C1)c(=O)n2COCC[Si](C)(C)C. The number of rotatable bonds is 10. The predicted molar refractivity (Wildman–Crippen MR) is 146 cm³/mol. The van der Waals surface area contributed by atoms with Crippen molar-refractivity contribution in [3.05, 3.63) is 34.0 Å². The minimum Gasteiger partial charge on any atom is -0.480 e. The van der Waals surface area contributed by atoms with Crippen LogP contribution in [0.5, 0.6) is 5.88 Å². The van der Waals surface area contributed by atoms with Gasteiger partial charge < -0.3 is 14.8 Å². The van der Waals surface area contributed by atoms with Gasteiger partial charge in [-0.05, 0) is 37.3 Å². The number of pyridine rings is 1. The second kappa shape index (κ2) is 11.6. The summed E-state index contributed by atoms with van der Waals surface area (Å²) in [6.07, 6.45) is 7.22. The van der Waals surface area contributed by atoms with Crippen LogP contribution in [0.15, 0.2) is 23.3 Å². The van der Waals surface area contributed by atoms with E-state index in [1.54, 1.807) is 21.4 Å². The Morgan fingerprint density at radius 1 is 1.27 bits per heavy atom. The zero-order chi connectivity index (χ0) is 26.6. The molecule has 0 radical (unpaired) electrons. The van der Waals surface area contributed by atoms with E-state index < -0.39 is 8.07 Å². The molecule has 2 unspecified atom stereocenters. The third kappa shape index (κ3) is 6.50. The molecule has 1 saturated carbocycles. The van der Waals surface area contributed by atoms with Gasteiger partial charge in [0.1, 0.15) is 17.9 Å². The van der Waals surface area contributed by atoms with Gasteiger partial charge in [-0.15, -0.1) is 0 Å². The van der Waals surface area contributed by atoms with E-state index in [0.29, 0.717) is 46.7 Å². The standard InChI is InChI=1S/C25H34ClN7O3Si/c1-35-23-20(13-18(26)14-28-23)30-24-29-15-21-22(31-24)33(19-7-5-6-17(12-19)8-9-27)25(34)32(21)16-36-10-11-37(2,3)4/h13-15,17,19H,5-8,10-12,16H2,1-4H3,(H,29,30,31). The molecule has 2 atom stereocenters. The Labute approximate surface area is 222 Å². The summed E-state index contributed by atoms with van der Waals surface area (Å²) < 4.78 is 14.6. The Hall–Kier alpha value is -2.94. The highest BCUT2D eigenvalue weighted by Gasteiger charge is 2.28. The smallest absolute Gasteiger partial charge is 0.332 e. The number of fused-ring (bicyclic) bond motifs is 1. The van der Waals surface area contributed by atoms with Crippen LogP contribution in [-0.2, 0) is 11.5 Å². The largest absolute Gasteiger partial charge is 0.480 e. The van der Waals surface area contributed by atoms with Crippen LogP contribution in [0.4, 0.5) is 11.6 Å². The maximum atomic E-state index is 13.7. The number of hydrogen-bond acceptors (Lipinski definition) is 8. The first kappa shape index (κ1) is 27.1. The van der Waals surface area contributed by atoms with Gasteiger partial charge in [-0.25, -0.2) is 14.8 Å². The van der Waals surface area contributed by atoms with E-state index in [4.69, 9.17) is 26.1 Å². The molecule has 3 heterocycles. The summed E-state index contributed by atoms with van der Waals surface area (Å²) in [4.78, 5) is 27.1. The van der Waals surface area contributed by atoms with Crippen LogP contribution < -0.4 is 15.7 Å². The maximum Gasteiger partial charge on any atom is 0.332 e. The summed E-state index contributed by atoms with van der Waals surface area (Å²) in [5, 5.41) is 12.8. The second-order valence-electron chi connectivity index (χ2n) is 10.7. The van der Waals surface area contributed by atoms with Crippen molar-refractivity contribution in [3.63, 3.8) is 0 Å². The van der Waals surface area contributed by atoms with Crippen LogP contribution in [0.25, 0.3) is 11.2 Å². The summed E-state index contributed by atoms with van der Waals surface area (Å²) in [6.45, 7) is 7.62. The van der Waals surface area contributed by atoms with Crippen molar-refractivity contribution in [2.24, 2.45) is 5.92 Å². The highest BCUT2D eigenvalue weighted by atomic mass is 35.5. The Morgan fingerprint density at radius 3 is 2.81 bits per heavy atom. The minimum absolute atomic E-state index is 0.0459. The van der Waals surface area contributed by atoms with Crippen molar-refractivity contribution >= 4 is 42.5 Å². The molecule has 37 heavy (non-hydrogen) atoms. The van der Waals surface area contributed by atoms with Gasteiger partial charge >= 0.3 is 5.69 Å². The Morgan fingerprint density at radius 2 is 2.08 bits per heavy atom. The fraction of sp³-hybridized carbons (Fsp3) is 0.560. The Bertz CT molecular complexity index is 1350. The molecular weight excluding hydrogens is 510 g/mol. The molecule has 0 amide bonds. The van der Waals surface area contributed by atoms with Crippen molar-refractivity contribution in [1.29, 1.82) is 5.26 Å². The predicted octanol–water partition coefficient (Wildman–Crippen LogP) is 5.35. The molecule has 0 bridgehead atoms. The molecule has 3 aromatic rings. The molecule has 198 valence electrons. The normalized spacial score (nSPS) is 18.1.